The first-order valence-electron chi connectivity index (χ1n) is 6.08. The summed E-state index contributed by atoms with van der Waals surface area (Å²) >= 11 is 5.50. The van der Waals surface area contributed by atoms with E-state index in [0.29, 0.717) is 13.0 Å². The molecule has 0 aromatic carbocycles. The summed E-state index contributed by atoms with van der Waals surface area (Å²) in [4.78, 5) is 0. The Morgan fingerprint density at radius 3 is 2.50 bits per heavy atom. The van der Waals surface area contributed by atoms with E-state index in [4.69, 9.17) is 11.6 Å². The van der Waals surface area contributed by atoms with Crippen LogP contribution in [0.3, 0.4) is 0 Å². The van der Waals surface area contributed by atoms with Crippen molar-refractivity contribution >= 4 is 31.5 Å². The van der Waals surface area contributed by atoms with Crippen molar-refractivity contribution in [1.82, 2.24) is 4.31 Å². The summed E-state index contributed by atoms with van der Waals surface area (Å²) in [5.74, 6) is -0.0752. The molecule has 0 saturated carbocycles. The predicted octanol–water partition coefficient (Wildman–Crippen LogP) is 0.844. The summed E-state index contributed by atoms with van der Waals surface area (Å²) in [5, 5.41) is 0. The maximum Gasteiger partial charge on any atom is 0.215 e. The summed E-state index contributed by atoms with van der Waals surface area (Å²) < 4.78 is 48.4. The van der Waals surface area contributed by atoms with E-state index in [1.54, 1.807) is 0 Å². The molecule has 1 rings (SSSR count). The zero-order chi connectivity index (χ0) is 13.8. The standard InChI is InChI=1S/C10H20ClNO4S2/c1-2-3-6-12(18(15,16)8-5-11)10-4-7-17(13,14)9-10/h10H,2-9H2,1H3. The Kier molecular flexibility index (Phi) is 5.89. The highest BCUT2D eigenvalue weighted by molar-refractivity contribution is 7.92. The van der Waals surface area contributed by atoms with Crippen LogP contribution in [-0.2, 0) is 19.9 Å². The number of hydrogen-bond donors (Lipinski definition) is 0. The molecule has 0 aromatic heterocycles. The topological polar surface area (TPSA) is 71.5 Å². The molecule has 1 saturated heterocycles. The first kappa shape index (κ1) is 16.2. The third-order valence-corrected chi connectivity index (χ3v) is 7.12. The van der Waals surface area contributed by atoms with Crippen LogP contribution in [0.1, 0.15) is 26.2 Å². The van der Waals surface area contributed by atoms with Crippen LogP contribution < -0.4 is 0 Å². The van der Waals surface area contributed by atoms with Crippen molar-refractivity contribution in [2.75, 3.05) is 29.7 Å². The van der Waals surface area contributed by atoms with Gasteiger partial charge in [0.15, 0.2) is 9.84 Å². The first-order valence-corrected chi connectivity index (χ1v) is 10.0. The van der Waals surface area contributed by atoms with Crippen LogP contribution in [-0.4, -0.2) is 56.9 Å². The Hall–Kier alpha value is 0.150. The van der Waals surface area contributed by atoms with Crippen LogP contribution in [0.4, 0.5) is 0 Å². The molecule has 0 aliphatic carbocycles. The largest absolute Gasteiger partial charge is 0.229 e. The second kappa shape index (κ2) is 6.54. The SMILES string of the molecule is CCCCN(C1CCS(=O)(=O)C1)S(=O)(=O)CCCl. The molecule has 1 atom stereocenters. The molecule has 1 aliphatic rings. The summed E-state index contributed by atoms with van der Waals surface area (Å²) in [6.45, 7) is 2.35. The van der Waals surface area contributed by atoms with Gasteiger partial charge in [-0.3, -0.25) is 0 Å². The summed E-state index contributed by atoms with van der Waals surface area (Å²) in [6, 6.07) is -0.408. The molecule has 0 bridgehead atoms. The highest BCUT2D eigenvalue weighted by atomic mass is 35.5. The van der Waals surface area contributed by atoms with Crippen molar-refractivity contribution in [3.8, 4) is 0 Å². The van der Waals surface area contributed by atoms with Gasteiger partial charge in [-0.2, -0.15) is 4.31 Å². The van der Waals surface area contributed by atoms with Gasteiger partial charge in [0.2, 0.25) is 10.0 Å². The number of unbranched alkanes of at least 4 members (excludes halogenated alkanes) is 1. The lowest BCUT2D eigenvalue weighted by molar-refractivity contribution is 0.335. The van der Waals surface area contributed by atoms with Gasteiger partial charge in [-0.15, -0.1) is 11.6 Å². The lowest BCUT2D eigenvalue weighted by atomic mass is 10.2. The number of hydrogen-bond acceptors (Lipinski definition) is 4. The van der Waals surface area contributed by atoms with Crippen LogP contribution in [0.25, 0.3) is 0 Å². The molecule has 1 fully saturated rings. The number of alkyl halides is 1. The van der Waals surface area contributed by atoms with E-state index in [9.17, 15) is 16.8 Å². The molecule has 0 spiro atoms. The maximum atomic E-state index is 12.1. The molecule has 1 aliphatic heterocycles. The molecule has 1 unspecified atom stereocenters. The fraction of sp³-hybridized carbons (Fsp3) is 1.00. The predicted molar refractivity (Wildman–Crippen MR) is 73.2 cm³/mol. The molecule has 1 heterocycles. The summed E-state index contributed by atoms with van der Waals surface area (Å²) in [5.41, 5.74) is 0. The third-order valence-electron chi connectivity index (χ3n) is 3.04. The van der Waals surface area contributed by atoms with Gasteiger partial charge in [0, 0.05) is 18.5 Å². The third kappa shape index (κ3) is 4.36. The fourth-order valence-electron chi connectivity index (χ4n) is 2.08. The van der Waals surface area contributed by atoms with E-state index in [-0.39, 0.29) is 23.1 Å². The second-order valence-corrected chi connectivity index (χ2v) is 9.17. The monoisotopic (exact) mass is 317 g/mol. The molecular formula is C10H20ClNO4S2. The van der Waals surface area contributed by atoms with Crippen molar-refractivity contribution in [1.29, 1.82) is 0 Å². The van der Waals surface area contributed by atoms with Gasteiger partial charge in [0.1, 0.15) is 0 Å². The number of sulfonamides is 1. The summed E-state index contributed by atoms with van der Waals surface area (Å²) in [7, 11) is -6.52. The number of rotatable bonds is 7. The highest BCUT2D eigenvalue weighted by Gasteiger charge is 2.37. The van der Waals surface area contributed by atoms with Crippen molar-refractivity contribution in [3.63, 3.8) is 0 Å². The van der Waals surface area contributed by atoms with E-state index in [1.807, 2.05) is 6.92 Å². The lowest BCUT2D eigenvalue weighted by Crippen LogP contribution is -2.43. The van der Waals surface area contributed by atoms with E-state index in [1.165, 1.54) is 4.31 Å². The molecule has 5 nitrogen and oxygen atoms in total. The molecule has 8 heteroatoms. The molecular weight excluding hydrogens is 298 g/mol. The smallest absolute Gasteiger partial charge is 0.215 e. The van der Waals surface area contributed by atoms with Crippen LogP contribution in [0.2, 0.25) is 0 Å². The lowest BCUT2D eigenvalue weighted by Gasteiger charge is -2.26. The zero-order valence-electron chi connectivity index (χ0n) is 10.5. The average Bonchev–Trinajstić information content (AvgIpc) is 2.59. The Balaban J connectivity index is 2.85. The number of nitrogens with zero attached hydrogens (tertiary/aromatic N) is 1. The normalized spacial score (nSPS) is 23.6. The molecule has 18 heavy (non-hydrogen) atoms. The van der Waals surface area contributed by atoms with Crippen LogP contribution in [0, 0.1) is 0 Å². The first-order chi connectivity index (χ1) is 8.32. The number of sulfone groups is 1. The minimum Gasteiger partial charge on any atom is -0.229 e. The molecule has 108 valence electrons. The quantitative estimate of drug-likeness (QED) is 0.652. The van der Waals surface area contributed by atoms with Gasteiger partial charge in [-0.05, 0) is 12.8 Å². The zero-order valence-corrected chi connectivity index (χ0v) is 12.9. The molecule has 0 amide bonds. The highest BCUT2D eigenvalue weighted by Crippen LogP contribution is 2.21. The van der Waals surface area contributed by atoms with Crippen LogP contribution in [0.15, 0.2) is 0 Å². The van der Waals surface area contributed by atoms with Gasteiger partial charge in [-0.1, -0.05) is 13.3 Å². The van der Waals surface area contributed by atoms with Crippen molar-refractivity contribution in [2.24, 2.45) is 0 Å². The van der Waals surface area contributed by atoms with Gasteiger partial charge in [0.25, 0.3) is 0 Å². The van der Waals surface area contributed by atoms with E-state index in [2.05, 4.69) is 0 Å². The minimum atomic E-state index is -3.44. The van der Waals surface area contributed by atoms with Gasteiger partial charge >= 0.3 is 0 Å². The van der Waals surface area contributed by atoms with Gasteiger partial charge < -0.3 is 0 Å². The van der Waals surface area contributed by atoms with Gasteiger partial charge in [-0.25, -0.2) is 16.8 Å². The average molecular weight is 318 g/mol. The number of halogens is 1. The van der Waals surface area contributed by atoms with Crippen LogP contribution >= 0.6 is 11.6 Å². The Morgan fingerprint density at radius 2 is 2.06 bits per heavy atom. The van der Waals surface area contributed by atoms with E-state index >= 15 is 0 Å². The Morgan fingerprint density at radius 1 is 1.39 bits per heavy atom. The van der Waals surface area contributed by atoms with Crippen molar-refractivity contribution in [3.05, 3.63) is 0 Å². The Bertz CT molecular complexity index is 460. The van der Waals surface area contributed by atoms with Crippen molar-refractivity contribution in [2.45, 2.75) is 32.2 Å². The summed E-state index contributed by atoms with van der Waals surface area (Å²) in [6.07, 6.45) is 2.00. The van der Waals surface area contributed by atoms with Gasteiger partial charge in [0.05, 0.1) is 17.3 Å². The van der Waals surface area contributed by atoms with E-state index in [0.717, 1.165) is 12.8 Å². The second-order valence-electron chi connectivity index (χ2n) is 4.53. The minimum absolute atomic E-state index is 0.0322. The molecule has 0 radical (unpaired) electrons. The van der Waals surface area contributed by atoms with Crippen molar-refractivity contribution < 1.29 is 16.8 Å². The fourth-order valence-corrected chi connectivity index (χ4v) is 5.96. The Labute approximate surface area is 114 Å². The van der Waals surface area contributed by atoms with Crippen LogP contribution in [0.5, 0.6) is 0 Å². The maximum absolute atomic E-state index is 12.1. The molecule has 0 aromatic rings. The molecule has 0 N–H and O–H groups in total. The van der Waals surface area contributed by atoms with E-state index < -0.39 is 25.9 Å².